The van der Waals surface area contributed by atoms with Gasteiger partial charge in [-0.05, 0) is 25.0 Å². The van der Waals surface area contributed by atoms with Crippen LogP contribution in [0.15, 0.2) is 18.2 Å². The van der Waals surface area contributed by atoms with Crippen LogP contribution in [0.2, 0.25) is 0 Å². The van der Waals surface area contributed by atoms with Gasteiger partial charge in [-0.25, -0.2) is 8.78 Å². The van der Waals surface area contributed by atoms with E-state index in [9.17, 15) is 8.78 Å². The van der Waals surface area contributed by atoms with Gasteiger partial charge in [0.05, 0.1) is 6.04 Å². The van der Waals surface area contributed by atoms with Gasteiger partial charge in [0.1, 0.15) is 0 Å². The van der Waals surface area contributed by atoms with E-state index in [4.69, 9.17) is 5.73 Å². The Morgan fingerprint density at radius 3 is 2.31 bits per heavy atom. The highest BCUT2D eigenvalue weighted by atomic mass is 19.3. The van der Waals surface area contributed by atoms with E-state index in [2.05, 4.69) is 0 Å². The fraction of sp³-hybridized carbons (Fsp3) is 0.400. The summed E-state index contributed by atoms with van der Waals surface area (Å²) in [6.45, 7) is 3.72. The third-order valence-corrected chi connectivity index (χ3v) is 2.06. The van der Waals surface area contributed by atoms with Crippen molar-refractivity contribution in [3.05, 3.63) is 34.9 Å². The Bertz CT molecular complexity index is 297. The highest BCUT2D eigenvalue weighted by Gasteiger charge is 2.18. The van der Waals surface area contributed by atoms with E-state index in [0.29, 0.717) is 5.56 Å². The minimum absolute atomic E-state index is 0.528. The van der Waals surface area contributed by atoms with Crippen LogP contribution in [0.4, 0.5) is 8.78 Å². The monoisotopic (exact) mass is 185 g/mol. The molecule has 0 bridgehead atoms. The SMILES string of the molecule is Cc1ccc([C@H](N)C(F)F)c(C)c1. The van der Waals surface area contributed by atoms with Crippen molar-refractivity contribution in [2.45, 2.75) is 26.3 Å². The number of hydrogen-bond acceptors (Lipinski definition) is 1. The van der Waals surface area contributed by atoms with Crippen LogP contribution < -0.4 is 5.73 Å². The molecule has 0 fully saturated rings. The molecule has 0 spiro atoms. The summed E-state index contributed by atoms with van der Waals surface area (Å²) in [7, 11) is 0. The molecular formula is C10H13F2N. The predicted molar refractivity (Wildman–Crippen MR) is 48.8 cm³/mol. The Morgan fingerprint density at radius 2 is 1.85 bits per heavy atom. The standard InChI is InChI=1S/C10H13F2N/c1-6-3-4-8(7(2)5-6)9(13)10(11)12/h3-5,9-10H,13H2,1-2H3/t9-/m0/s1. The lowest BCUT2D eigenvalue weighted by molar-refractivity contribution is 0.116. The van der Waals surface area contributed by atoms with Gasteiger partial charge in [0.15, 0.2) is 0 Å². The molecule has 0 amide bonds. The van der Waals surface area contributed by atoms with Gasteiger partial charge in [-0.3, -0.25) is 0 Å². The van der Waals surface area contributed by atoms with Gasteiger partial charge in [0, 0.05) is 0 Å². The average molecular weight is 185 g/mol. The zero-order chi connectivity index (χ0) is 10.0. The van der Waals surface area contributed by atoms with Crippen LogP contribution in [0.5, 0.6) is 0 Å². The number of hydrogen-bond donors (Lipinski definition) is 1. The molecule has 0 aromatic heterocycles. The summed E-state index contributed by atoms with van der Waals surface area (Å²) in [5, 5.41) is 0. The highest BCUT2D eigenvalue weighted by molar-refractivity contribution is 5.32. The van der Waals surface area contributed by atoms with E-state index < -0.39 is 12.5 Å². The maximum atomic E-state index is 12.3. The average Bonchev–Trinajstić information content (AvgIpc) is 2.03. The molecule has 3 heteroatoms. The molecule has 0 aliphatic heterocycles. The normalized spacial score (nSPS) is 13.4. The van der Waals surface area contributed by atoms with Crippen molar-refractivity contribution in [1.29, 1.82) is 0 Å². The zero-order valence-electron chi connectivity index (χ0n) is 7.72. The van der Waals surface area contributed by atoms with Crippen LogP contribution in [0, 0.1) is 13.8 Å². The minimum atomic E-state index is -2.50. The number of aryl methyl sites for hydroxylation is 2. The molecule has 0 unspecified atom stereocenters. The van der Waals surface area contributed by atoms with Crippen LogP contribution in [0.3, 0.4) is 0 Å². The number of alkyl halides is 2. The lowest BCUT2D eigenvalue weighted by atomic mass is 10.0. The van der Waals surface area contributed by atoms with Gasteiger partial charge in [-0.15, -0.1) is 0 Å². The van der Waals surface area contributed by atoms with Crippen molar-refractivity contribution in [3.63, 3.8) is 0 Å². The van der Waals surface area contributed by atoms with Crippen LogP contribution in [0.1, 0.15) is 22.7 Å². The summed E-state index contributed by atoms with van der Waals surface area (Å²) < 4.78 is 24.5. The van der Waals surface area contributed by atoms with E-state index in [0.717, 1.165) is 11.1 Å². The Labute approximate surface area is 76.6 Å². The Balaban J connectivity index is 3.01. The third kappa shape index (κ3) is 2.25. The van der Waals surface area contributed by atoms with Gasteiger partial charge in [-0.2, -0.15) is 0 Å². The molecule has 1 aromatic rings. The van der Waals surface area contributed by atoms with E-state index in [1.807, 2.05) is 13.0 Å². The molecule has 1 nitrogen and oxygen atoms in total. The number of halogens is 2. The van der Waals surface area contributed by atoms with Gasteiger partial charge in [0.2, 0.25) is 0 Å². The number of benzene rings is 1. The molecular weight excluding hydrogens is 172 g/mol. The van der Waals surface area contributed by atoms with Crippen molar-refractivity contribution in [1.82, 2.24) is 0 Å². The lowest BCUT2D eigenvalue weighted by Crippen LogP contribution is -2.19. The maximum Gasteiger partial charge on any atom is 0.257 e. The summed E-state index contributed by atoms with van der Waals surface area (Å²) in [4.78, 5) is 0. The second kappa shape index (κ2) is 3.83. The highest BCUT2D eigenvalue weighted by Crippen LogP contribution is 2.21. The molecule has 1 rings (SSSR count). The van der Waals surface area contributed by atoms with E-state index >= 15 is 0 Å². The topological polar surface area (TPSA) is 26.0 Å². The lowest BCUT2D eigenvalue weighted by Gasteiger charge is -2.13. The first kappa shape index (κ1) is 10.1. The summed E-state index contributed by atoms with van der Waals surface area (Å²) in [6, 6.07) is 4.16. The van der Waals surface area contributed by atoms with Crippen molar-refractivity contribution in [3.8, 4) is 0 Å². The quantitative estimate of drug-likeness (QED) is 0.752. The molecule has 0 heterocycles. The molecule has 1 atom stereocenters. The van der Waals surface area contributed by atoms with Crippen LogP contribution in [0.25, 0.3) is 0 Å². The van der Waals surface area contributed by atoms with Crippen molar-refractivity contribution in [2.75, 3.05) is 0 Å². The first-order valence-electron chi connectivity index (χ1n) is 4.13. The molecule has 2 N–H and O–H groups in total. The maximum absolute atomic E-state index is 12.3. The number of rotatable bonds is 2. The molecule has 0 saturated heterocycles. The van der Waals surface area contributed by atoms with Crippen LogP contribution in [-0.2, 0) is 0 Å². The number of nitrogens with two attached hydrogens (primary N) is 1. The smallest absolute Gasteiger partial charge is 0.257 e. The first-order valence-corrected chi connectivity index (χ1v) is 4.13. The fourth-order valence-corrected chi connectivity index (χ4v) is 1.34. The van der Waals surface area contributed by atoms with Crippen molar-refractivity contribution >= 4 is 0 Å². The Hall–Kier alpha value is -0.960. The van der Waals surface area contributed by atoms with E-state index in [1.54, 1.807) is 19.1 Å². The molecule has 0 aliphatic rings. The van der Waals surface area contributed by atoms with Gasteiger partial charge < -0.3 is 5.73 Å². The van der Waals surface area contributed by atoms with Crippen LogP contribution in [-0.4, -0.2) is 6.43 Å². The molecule has 0 radical (unpaired) electrons. The van der Waals surface area contributed by atoms with E-state index in [1.165, 1.54) is 0 Å². The minimum Gasteiger partial charge on any atom is -0.319 e. The summed E-state index contributed by atoms with van der Waals surface area (Å²) in [6.07, 6.45) is -2.50. The molecule has 1 aromatic carbocycles. The molecule has 13 heavy (non-hydrogen) atoms. The Kier molecular flexibility index (Phi) is 2.98. The third-order valence-electron chi connectivity index (χ3n) is 2.06. The second-order valence-electron chi connectivity index (χ2n) is 3.22. The predicted octanol–water partition coefficient (Wildman–Crippen LogP) is 2.57. The molecule has 0 aliphatic carbocycles. The Morgan fingerprint density at radius 1 is 1.23 bits per heavy atom. The van der Waals surface area contributed by atoms with Gasteiger partial charge >= 0.3 is 0 Å². The van der Waals surface area contributed by atoms with Gasteiger partial charge in [-0.1, -0.05) is 23.8 Å². The summed E-state index contributed by atoms with van der Waals surface area (Å²) in [5.41, 5.74) is 7.75. The second-order valence-corrected chi connectivity index (χ2v) is 3.22. The molecule has 0 saturated carbocycles. The largest absolute Gasteiger partial charge is 0.319 e. The van der Waals surface area contributed by atoms with Crippen molar-refractivity contribution in [2.24, 2.45) is 5.73 Å². The van der Waals surface area contributed by atoms with E-state index in [-0.39, 0.29) is 0 Å². The first-order chi connectivity index (χ1) is 6.02. The van der Waals surface area contributed by atoms with Crippen LogP contribution >= 0.6 is 0 Å². The zero-order valence-corrected chi connectivity index (χ0v) is 7.72. The van der Waals surface area contributed by atoms with Crippen molar-refractivity contribution < 1.29 is 8.78 Å². The van der Waals surface area contributed by atoms with Gasteiger partial charge in [0.25, 0.3) is 6.43 Å². The summed E-state index contributed by atoms with van der Waals surface area (Å²) in [5.74, 6) is 0. The fourth-order valence-electron chi connectivity index (χ4n) is 1.34. The molecule has 72 valence electrons. The summed E-state index contributed by atoms with van der Waals surface area (Å²) >= 11 is 0.